The number of hydrazone groups is 1. The lowest BCUT2D eigenvalue weighted by atomic mass is 9.87. The van der Waals surface area contributed by atoms with Crippen LogP contribution < -0.4 is 5.43 Å². The first-order chi connectivity index (χ1) is 15.2. The maximum Gasteiger partial charge on any atom is 0.250 e. The summed E-state index contributed by atoms with van der Waals surface area (Å²) in [5.74, 6) is 0.923. The first kappa shape index (κ1) is 23.5. The van der Waals surface area contributed by atoms with Crippen LogP contribution in [0.15, 0.2) is 58.8 Å². The zero-order valence-corrected chi connectivity index (χ0v) is 19.9. The standard InChI is InChI=1S/C24H29N5O2S/c1-6-29-22(18-7-11-19(12-8-18)24(3,4)5)27-28-23(29)32-15-21(31)26-25-16(2)17-9-13-20(30)14-10-17/h7-14,30H,6,15H2,1-5H3,(H,26,31)/b25-16+. The van der Waals surface area contributed by atoms with Crippen LogP contribution in [0.1, 0.15) is 45.7 Å². The average Bonchev–Trinajstić information content (AvgIpc) is 3.19. The third-order valence-corrected chi connectivity index (χ3v) is 5.97. The molecule has 0 aliphatic carbocycles. The number of thioether (sulfide) groups is 1. The molecule has 2 aromatic carbocycles. The molecule has 168 valence electrons. The summed E-state index contributed by atoms with van der Waals surface area (Å²) in [5, 5.41) is 22.9. The van der Waals surface area contributed by atoms with E-state index < -0.39 is 0 Å². The third kappa shape index (κ3) is 5.76. The molecule has 3 rings (SSSR count). The number of rotatable bonds is 7. The van der Waals surface area contributed by atoms with Gasteiger partial charge in [0, 0.05) is 12.1 Å². The molecule has 0 saturated carbocycles. The van der Waals surface area contributed by atoms with E-state index in [1.165, 1.54) is 17.3 Å². The second-order valence-corrected chi connectivity index (χ2v) is 9.39. The molecule has 0 spiro atoms. The van der Waals surface area contributed by atoms with E-state index in [9.17, 15) is 9.90 Å². The smallest absolute Gasteiger partial charge is 0.250 e. The maximum atomic E-state index is 12.3. The van der Waals surface area contributed by atoms with Gasteiger partial charge in [-0.1, -0.05) is 56.8 Å². The van der Waals surface area contributed by atoms with Crippen molar-refractivity contribution in [2.75, 3.05) is 5.75 Å². The number of amides is 1. The number of carbonyl (C=O) groups excluding carboxylic acids is 1. The first-order valence-electron chi connectivity index (χ1n) is 10.5. The summed E-state index contributed by atoms with van der Waals surface area (Å²) < 4.78 is 2.01. The molecular formula is C24H29N5O2S. The number of carbonyl (C=O) groups is 1. The van der Waals surface area contributed by atoms with Crippen molar-refractivity contribution >= 4 is 23.4 Å². The highest BCUT2D eigenvalue weighted by molar-refractivity contribution is 7.99. The molecule has 0 bridgehead atoms. The molecule has 0 fully saturated rings. The fraction of sp³-hybridized carbons (Fsp3) is 0.333. The lowest BCUT2D eigenvalue weighted by Gasteiger charge is -2.19. The number of nitrogens with zero attached hydrogens (tertiary/aromatic N) is 4. The Balaban J connectivity index is 1.64. The molecule has 8 heteroatoms. The Kier molecular flexibility index (Phi) is 7.35. The minimum absolute atomic E-state index is 0.0917. The molecule has 0 unspecified atom stereocenters. The van der Waals surface area contributed by atoms with Crippen LogP contribution in [0.2, 0.25) is 0 Å². The highest BCUT2D eigenvalue weighted by atomic mass is 32.2. The van der Waals surface area contributed by atoms with Gasteiger partial charge in [-0.2, -0.15) is 5.10 Å². The molecule has 0 aliphatic heterocycles. The van der Waals surface area contributed by atoms with E-state index in [4.69, 9.17) is 0 Å². The Morgan fingerprint density at radius 1 is 1.09 bits per heavy atom. The molecule has 7 nitrogen and oxygen atoms in total. The quantitative estimate of drug-likeness (QED) is 0.311. The van der Waals surface area contributed by atoms with Crippen molar-refractivity contribution in [1.82, 2.24) is 20.2 Å². The van der Waals surface area contributed by atoms with E-state index in [2.05, 4.69) is 65.8 Å². The predicted molar refractivity (Wildman–Crippen MR) is 129 cm³/mol. The summed E-state index contributed by atoms with van der Waals surface area (Å²) in [5.41, 5.74) is 6.40. The van der Waals surface area contributed by atoms with Gasteiger partial charge in [-0.15, -0.1) is 10.2 Å². The van der Waals surface area contributed by atoms with Crippen molar-refractivity contribution in [3.63, 3.8) is 0 Å². The Hall–Kier alpha value is -3.13. The van der Waals surface area contributed by atoms with Gasteiger partial charge in [-0.05, 0) is 54.7 Å². The zero-order chi connectivity index (χ0) is 23.3. The predicted octanol–water partition coefficient (Wildman–Crippen LogP) is 4.60. The average molecular weight is 452 g/mol. The van der Waals surface area contributed by atoms with Crippen LogP contribution in [0.3, 0.4) is 0 Å². The molecule has 3 aromatic rings. The highest BCUT2D eigenvalue weighted by Crippen LogP contribution is 2.27. The van der Waals surface area contributed by atoms with Gasteiger partial charge in [-0.25, -0.2) is 5.43 Å². The minimum atomic E-state index is -0.227. The molecule has 1 aromatic heterocycles. The van der Waals surface area contributed by atoms with Crippen molar-refractivity contribution in [2.45, 2.75) is 51.7 Å². The number of nitrogens with one attached hydrogen (secondary N) is 1. The highest BCUT2D eigenvalue weighted by Gasteiger charge is 2.17. The summed E-state index contributed by atoms with van der Waals surface area (Å²) in [6.45, 7) is 11.1. The SMILES string of the molecule is CCn1c(SCC(=O)N/N=C(\C)c2ccc(O)cc2)nnc1-c1ccc(C(C)(C)C)cc1. The Bertz CT molecular complexity index is 1100. The summed E-state index contributed by atoms with van der Waals surface area (Å²) in [6.07, 6.45) is 0. The van der Waals surface area contributed by atoms with Crippen molar-refractivity contribution in [3.05, 3.63) is 59.7 Å². The second-order valence-electron chi connectivity index (χ2n) is 8.45. The van der Waals surface area contributed by atoms with E-state index in [0.29, 0.717) is 17.4 Å². The summed E-state index contributed by atoms with van der Waals surface area (Å²) in [4.78, 5) is 12.3. The van der Waals surface area contributed by atoms with Gasteiger partial charge in [-0.3, -0.25) is 4.79 Å². The summed E-state index contributed by atoms with van der Waals surface area (Å²) >= 11 is 1.33. The van der Waals surface area contributed by atoms with Gasteiger partial charge in [0.1, 0.15) is 5.75 Å². The number of benzene rings is 2. The Morgan fingerprint density at radius 2 is 1.75 bits per heavy atom. The van der Waals surface area contributed by atoms with Gasteiger partial charge in [0.25, 0.3) is 5.91 Å². The molecule has 0 saturated heterocycles. The van der Waals surface area contributed by atoms with Crippen LogP contribution in [0.5, 0.6) is 5.75 Å². The van der Waals surface area contributed by atoms with Crippen LogP contribution >= 0.6 is 11.8 Å². The topological polar surface area (TPSA) is 92.4 Å². The molecule has 2 N–H and O–H groups in total. The fourth-order valence-corrected chi connectivity index (χ4v) is 3.88. The molecule has 0 radical (unpaired) electrons. The van der Waals surface area contributed by atoms with Crippen LogP contribution in [0.25, 0.3) is 11.4 Å². The van der Waals surface area contributed by atoms with E-state index in [1.54, 1.807) is 31.2 Å². The van der Waals surface area contributed by atoms with Gasteiger partial charge in [0.05, 0.1) is 11.5 Å². The fourth-order valence-electron chi connectivity index (χ4n) is 3.09. The van der Waals surface area contributed by atoms with Gasteiger partial charge < -0.3 is 9.67 Å². The van der Waals surface area contributed by atoms with E-state index in [1.807, 2.05) is 11.5 Å². The van der Waals surface area contributed by atoms with E-state index in [-0.39, 0.29) is 22.8 Å². The molecule has 1 heterocycles. The zero-order valence-electron chi connectivity index (χ0n) is 19.1. The maximum absolute atomic E-state index is 12.3. The van der Waals surface area contributed by atoms with Crippen molar-refractivity contribution in [1.29, 1.82) is 0 Å². The Morgan fingerprint density at radius 3 is 2.34 bits per heavy atom. The second kappa shape index (κ2) is 9.99. The van der Waals surface area contributed by atoms with E-state index in [0.717, 1.165) is 17.0 Å². The third-order valence-electron chi connectivity index (χ3n) is 5.01. The lowest BCUT2D eigenvalue weighted by Crippen LogP contribution is -2.21. The summed E-state index contributed by atoms with van der Waals surface area (Å²) in [7, 11) is 0. The molecule has 32 heavy (non-hydrogen) atoms. The van der Waals surface area contributed by atoms with Gasteiger partial charge >= 0.3 is 0 Å². The molecule has 0 atom stereocenters. The van der Waals surface area contributed by atoms with Crippen molar-refractivity contribution in [2.24, 2.45) is 5.10 Å². The van der Waals surface area contributed by atoms with Gasteiger partial charge in [0.15, 0.2) is 11.0 Å². The number of aromatic nitrogens is 3. The number of phenolic OH excluding ortho intramolecular Hbond substituents is 1. The largest absolute Gasteiger partial charge is 0.508 e. The number of hydrogen-bond donors (Lipinski definition) is 2. The van der Waals surface area contributed by atoms with Crippen LogP contribution in [0, 0.1) is 0 Å². The van der Waals surface area contributed by atoms with Crippen molar-refractivity contribution < 1.29 is 9.90 Å². The van der Waals surface area contributed by atoms with Crippen LogP contribution in [0.4, 0.5) is 0 Å². The van der Waals surface area contributed by atoms with E-state index >= 15 is 0 Å². The van der Waals surface area contributed by atoms with Crippen molar-refractivity contribution in [3.8, 4) is 17.1 Å². The van der Waals surface area contributed by atoms with Crippen LogP contribution in [-0.2, 0) is 16.8 Å². The van der Waals surface area contributed by atoms with Gasteiger partial charge in [0.2, 0.25) is 0 Å². The molecular weight excluding hydrogens is 422 g/mol. The summed E-state index contributed by atoms with van der Waals surface area (Å²) in [6, 6.07) is 15.0. The lowest BCUT2D eigenvalue weighted by molar-refractivity contribution is -0.118. The normalized spacial score (nSPS) is 12.1. The number of aromatic hydroxyl groups is 1. The number of phenols is 1. The molecule has 1 amide bonds. The molecule has 0 aliphatic rings. The monoisotopic (exact) mass is 451 g/mol. The van der Waals surface area contributed by atoms with Crippen LogP contribution in [-0.4, -0.2) is 37.2 Å². The minimum Gasteiger partial charge on any atom is -0.508 e. The Labute approximate surface area is 193 Å². The first-order valence-corrected chi connectivity index (χ1v) is 11.5. The number of hydrogen-bond acceptors (Lipinski definition) is 6.